The number of benzene rings is 1. The molecule has 112 valence electrons. The molecule has 1 fully saturated rings. The van der Waals surface area contributed by atoms with E-state index in [2.05, 4.69) is 29.2 Å². The molecule has 0 spiro atoms. The van der Waals surface area contributed by atoms with Gasteiger partial charge in [0.1, 0.15) is 5.82 Å². The molecule has 0 unspecified atom stereocenters. The summed E-state index contributed by atoms with van der Waals surface area (Å²) in [4.78, 5) is 2.44. The number of likely N-dealkylation sites (tertiary alicyclic amines) is 1. The molecular formula is C16H22N4S. The molecule has 1 aromatic carbocycles. The number of rotatable bonds is 4. The Morgan fingerprint density at radius 3 is 2.52 bits per heavy atom. The summed E-state index contributed by atoms with van der Waals surface area (Å²) in [5, 5.41) is 4.73. The van der Waals surface area contributed by atoms with Crippen LogP contribution in [0.3, 0.4) is 0 Å². The molecule has 0 radical (unpaired) electrons. The summed E-state index contributed by atoms with van der Waals surface area (Å²) >= 11 is 5.54. The second-order valence-corrected chi connectivity index (χ2v) is 6.10. The zero-order valence-electron chi connectivity index (χ0n) is 12.5. The molecule has 0 saturated carbocycles. The number of hydrogen-bond acceptors (Lipinski definition) is 3. The molecule has 4 nitrogen and oxygen atoms in total. The van der Waals surface area contributed by atoms with Crippen LogP contribution in [0.2, 0.25) is 0 Å². The lowest BCUT2D eigenvalue weighted by atomic mass is 10.1. The largest absolute Gasteiger partial charge is 0.307 e. The molecule has 5 heteroatoms. The van der Waals surface area contributed by atoms with Gasteiger partial charge in [-0.1, -0.05) is 36.8 Å². The molecular weight excluding hydrogens is 280 g/mol. The number of nitrogens with zero attached hydrogens (tertiary/aromatic N) is 4. The highest BCUT2D eigenvalue weighted by atomic mass is 32.1. The molecule has 3 rings (SSSR count). The highest BCUT2D eigenvalue weighted by Crippen LogP contribution is 2.12. The van der Waals surface area contributed by atoms with E-state index in [9.17, 15) is 0 Å². The third kappa shape index (κ3) is 3.41. The summed E-state index contributed by atoms with van der Waals surface area (Å²) in [6.07, 6.45) is 4.76. The smallest absolute Gasteiger partial charge is 0.198 e. The molecule has 0 N–H and O–H groups in total. The minimum absolute atomic E-state index is 0.812. The summed E-state index contributed by atoms with van der Waals surface area (Å²) in [6.45, 7) is 3.14. The van der Waals surface area contributed by atoms with E-state index in [1.54, 1.807) is 0 Å². The Balaban J connectivity index is 1.77. The Hall–Kier alpha value is -1.46. The van der Waals surface area contributed by atoms with Gasteiger partial charge in [0.15, 0.2) is 4.77 Å². The SMILES string of the molecule is Cn1c(Cc2ccccc2)nn(CN2CCCCC2)c1=S. The van der Waals surface area contributed by atoms with E-state index in [0.717, 1.165) is 36.8 Å². The van der Waals surface area contributed by atoms with Crippen LogP contribution in [0.4, 0.5) is 0 Å². The fraction of sp³-hybridized carbons (Fsp3) is 0.500. The first-order valence-electron chi connectivity index (χ1n) is 7.63. The molecule has 1 aliphatic rings. The Labute approximate surface area is 131 Å². The highest BCUT2D eigenvalue weighted by molar-refractivity contribution is 7.71. The van der Waals surface area contributed by atoms with Crippen molar-refractivity contribution in [2.24, 2.45) is 7.05 Å². The van der Waals surface area contributed by atoms with Crippen LogP contribution in [0, 0.1) is 4.77 Å². The minimum atomic E-state index is 0.812. The van der Waals surface area contributed by atoms with E-state index in [1.807, 2.05) is 22.4 Å². The molecule has 1 aromatic heterocycles. The van der Waals surface area contributed by atoms with Gasteiger partial charge in [0.05, 0.1) is 6.67 Å². The summed E-state index contributed by atoms with van der Waals surface area (Å²) in [5.41, 5.74) is 1.27. The maximum atomic E-state index is 5.54. The van der Waals surface area contributed by atoms with Gasteiger partial charge in [-0.05, 0) is 43.7 Å². The van der Waals surface area contributed by atoms with E-state index in [0.29, 0.717) is 0 Å². The lowest BCUT2D eigenvalue weighted by Crippen LogP contribution is -2.32. The lowest BCUT2D eigenvalue weighted by molar-refractivity contribution is 0.172. The third-order valence-electron chi connectivity index (χ3n) is 4.12. The zero-order valence-corrected chi connectivity index (χ0v) is 13.4. The van der Waals surface area contributed by atoms with Crippen molar-refractivity contribution in [1.82, 2.24) is 19.2 Å². The molecule has 21 heavy (non-hydrogen) atoms. The summed E-state index contributed by atoms with van der Waals surface area (Å²) in [7, 11) is 2.01. The molecule has 2 heterocycles. The van der Waals surface area contributed by atoms with Crippen molar-refractivity contribution < 1.29 is 0 Å². The fourth-order valence-electron chi connectivity index (χ4n) is 2.85. The Morgan fingerprint density at radius 1 is 1.10 bits per heavy atom. The van der Waals surface area contributed by atoms with Gasteiger partial charge < -0.3 is 4.57 Å². The van der Waals surface area contributed by atoms with Crippen molar-refractivity contribution in [1.29, 1.82) is 0 Å². The zero-order chi connectivity index (χ0) is 14.7. The predicted octanol–water partition coefficient (Wildman–Crippen LogP) is 2.99. The van der Waals surface area contributed by atoms with E-state index in [1.165, 1.54) is 24.8 Å². The summed E-state index contributed by atoms with van der Waals surface area (Å²) in [5.74, 6) is 1.03. The Morgan fingerprint density at radius 2 is 1.81 bits per heavy atom. The van der Waals surface area contributed by atoms with Gasteiger partial charge in [-0.25, -0.2) is 4.68 Å². The van der Waals surface area contributed by atoms with Crippen LogP contribution in [-0.4, -0.2) is 32.3 Å². The number of piperidine rings is 1. The maximum Gasteiger partial charge on any atom is 0.198 e. The molecule has 0 atom stereocenters. The number of hydrogen-bond donors (Lipinski definition) is 0. The first-order valence-corrected chi connectivity index (χ1v) is 8.04. The standard InChI is InChI=1S/C16H22N4S/c1-18-15(12-14-8-4-2-5-9-14)17-20(16(18)21)13-19-10-6-3-7-11-19/h2,4-5,8-9H,3,6-7,10-13H2,1H3. The van der Waals surface area contributed by atoms with Crippen LogP contribution in [0.25, 0.3) is 0 Å². The van der Waals surface area contributed by atoms with Crippen molar-refractivity contribution in [3.8, 4) is 0 Å². The normalized spacial score (nSPS) is 16.2. The van der Waals surface area contributed by atoms with Crippen LogP contribution in [-0.2, 0) is 20.1 Å². The second-order valence-electron chi connectivity index (χ2n) is 5.74. The minimum Gasteiger partial charge on any atom is -0.307 e. The molecule has 1 aliphatic heterocycles. The quantitative estimate of drug-likeness (QED) is 0.812. The van der Waals surface area contributed by atoms with Gasteiger partial charge >= 0.3 is 0 Å². The molecule has 0 aliphatic carbocycles. The highest BCUT2D eigenvalue weighted by Gasteiger charge is 2.14. The van der Waals surface area contributed by atoms with Gasteiger partial charge in [-0.3, -0.25) is 4.90 Å². The van der Waals surface area contributed by atoms with Gasteiger partial charge in [-0.2, -0.15) is 5.10 Å². The van der Waals surface area contributed by atoms with Crippen LogP contribution < -0.4 is 0 Å². The first kappa shape index (κ1) is 14.5. The van der Waals surface area contributed by atoms with E-state index < -0.39 is 0 Å². The molecule has 2 aromatic rings. The van der Waals surface area contributed by atoms with Crippen LogP contribution in [0.1, 0.15) is 30.7 Å². The average Bonchev–Trinajstić information content (AvgIpc) is 2.78. The van der Waals surface area contributed by atoms with Crippen LogP contribution >= 0.6 is 12.2 Å². The number of aromatic nitrogens is 3. The van der Waals surface area contributed by atoms with E-state index in [-0.39, 0.29) is 0 Å². The second kappa shape index (κ2) is 6.54. The molecule has 0 amide bonds. The van der Waals surface area contributed by atoms with Crippen molar-refractivity contribution in [2.75, 3.05) is 13.1 Å². The van der Waals surface area contributed by atoms with E-state index in [4.69, 9.17) is 17.3 Å². The Kier molecular flexibility index (Phi) is 4.51. The van der Waals surface area contributed by atoms with Crippen molar-refractivity contribution in [2.45, 2.75) is 32.4 Å². The Bertz CT molecular complexity index is 638. The average molecular weight is 302 g/mol. The first-order chi connectivity index (χ1) is 10.2. The van der Waals surface area contributed by atoms with Gasteiger partial charge in [0, 0.05) is 13.5 Å². The third-order valence-corrected chi connectivity index (χ3v) is 4.60. The molecule has 1 saturated heterocycles. The predicted molar refractivity (Wildman–Crippen MR) is 86.7 cm³/mol. The lowest BCUT2D eigenvalue weighted by Gasteiger charge is -2.25. The van der Waals surface area contributed by atoms with Crippen LogP contribution in [0.5, 0.6) is 0 Å². The van der Waals surface area contributed by atoms with Crippen molar-refractivity contribution >= 4 is 12.2 Å². The summed E-state index contributed by atoms with van der Waals surface area (Å²) < 4.78 is 4.82. The fourth-order valence-corrected chi connectivity index (χ4v) is 3.05. The van der Waals surface area contributed by atoms with Crippen LogP contribution in [0.15, 0.2) is 30.3 Å². The monoisotopic (exact) mass is 302 g/mol. The van der Waals surface area contributed by atoms with Gasteiger partial charge in [0.25, 0.3) is 0 Å². The topological polar surface area (TPSA) is 26.0 Å². The molecule has 0 bridgehead atoms. The van der Waals surface area contributed by atoms with E-state index >= 15 is 0 Å². The summed E-state index contributed by atoms with van der Waals surface area (Å²) in [6, 6.07) is 10.4. The van der Waals surface area contributed by atoms with Crippen molar-refractivity contribution in [3.63, 3.8) is 0 Å². The van der Waals surface area contributed by atoms with Gasteiger partial charge in [0.2, 0.25) is 0 Å². The van der Waals surface area contributed by atoms with Crippen molar-refractivity contribution in [3.05, 3.63) is 46.5 Å². The maximum absolute atomic E-state index is 5.54. The van der Waals surface area contributed by atoms with Gasteiger partial charge in [-0.15, -0.1) is 0 Å².